The lowest BCUT2D eigenvalue weighted by Gasteiger charge is -2.21. The lowest BCUT2D eigenvalue weighted by atomic mass is 9.98. The van der Waals surface area contributed by atoms with E-state index >= 15 is 0 Å². The summed E-state index contributed by atoms with van der Waals surface area (Å²) in [5, 5.41) is 27.0. The van der Waals surface area contributed by atoms with Gasteiger partial charge < -0.3 is 36.3 Å². The fraction of sp³-hybridized carbons (Fsp3) is 0.260. The maximum absolute atomic E-state index is 13.9. The van der Waals surface area contributed by atoms with Crippen LogP contribution in [0.3, 0.4) is 0 Å². The second kappa shape index (κ2) is 20.3. The minimum atomic E-state index is -5.09. The number of aryl methyl sites for hydroxylation is 2. The van der Waals surface area contributed by atoms with Gasteiger partial charge in [-0.15, -0.1) is 5.11 Å². The van der Waals surface area contributed by atoms with Crippen molar-refractivity contribution in [2.45, 2.75) is 81.2 Å². The van der Waals surface area contributed by atoms with E-state index in [-0.39, 0.29) is 30.0 Å². The molecule has 1 aliphatic rings. The highest BCUT2D eigenvalue weighted by Crippen LogP contribution is 2.46. The molecule has 70 heavy (non-hydrogen) atoms. The van der Waals surface area contributed by atoms with E-state index in [9.17, 15) is 45.4 Å². The van der Waals surface area contributed by atoms with Gasteiger partial charge in [0.1, 0.15) is 33.7 Å². The number of carbonyl (C=O) groups is 3. The summed E-state index contributed by atoms with van der Waals surface area (Å²) in [5.41, 5.74) is 12.5. The Morgan fingerprint density at radius 1 is 0.743 bits per heavy atom. The molecule has 1 atom stereocenters. The number of ether oxygens (including phenoxy) is 2. The standard InChI is InChI=1S/C50H52N6O12S2/c1-28-24-30(31-18-21-39(29(2)25-31)55-56-40-22-19-36-42(69(61,62)63)26-43(70(64,65)66)45(51)44(36)46(40)57)17-20-38(28)53-47(58)41(16-10-11-23-52-48(59)68-50(3,4)5)54-49(60)67-27-37-34-14-8-6-12-32(34)33-13-7-9-15-35(33)37/h6-9,12-15,17-22,24-26,37,41,57H,10-11,16,23,27,51H2,1-5H3,(H,52,59)(H,53,58)(H,54,60)(H,61,62,63)(H,64,65,66). The van der Waals surface area contributed by atoms with Crippen LogP contribution in [0.15, 0.2) is 123 Å². The van der Waals surface area contributed by atoms with Crippen LogP contribution in [0.5, 0.6) is 5.75 Å². The maximum atomic E-state index is 13.9. The zero-order valence-electron chi connectivity index (χ0n) is 38.8. The summed E-state index contributed by atoms with van der Waals surface area (Å²) in [6, 6.07) is 28.5. The molecule has 0 saturated heterocycles. The average molecular weight is 993 g/mol. The Hall–Kier alpha value is -7.39. The number of aromatic hydroxyl groups is 1. The number of carbonyl (C=O) groups excluding carboxylic acids is 3. The zero-order valence-corrected chi connectivity index (χ0v) is 40.4. The van der Waals surface area contributed by atoms with E-state index in [4.69, 9.17) is 15.2 Å². The Bertz CT molecular complexity index is 3250. The first-order valence-corrected chi connectivity index (χ1v) is 24.9. The molecule has 0 aromatic heterocycles. The summed E-state index contributed by atoms with van der Waals surface area (Å²) in [6.07, 6.45) is -0.0843. The van der Waals surface area contributed by atoms with Crippen LogP contribution in [0.1, 0.15) is 68.2 Å². The molecular formula is C50H52N6O12S2. The van der Waals surface area contributed by atoms with Crippen LogP contribution in [-0.2, 0) is 34.5 Å². The van der Waals surface area contributed by atoms with E-state index in [2.05, 4.69) is 26.2 Å². The van der Waals surface area contributed by atoms with Gasteiger partial charge in [0.25, 0.3) is 20.2 Å². The zero-order chi connectivity index (χ0) is 50.7. The molecule has 6 aromatic carbocycles. The number of phenolic OH excluding ortho intramolecular Hbond substituents is 1. The normalized spacial score (nSPS) is 13.1. The fourth-order valence-corrected chi connectivity index (χ4v) is 9.69. The molecule has 7 rings (SSSR count). The maximum Gasteiger partial charge on any atom is 0.407 e. The molecule has 20 heteroatoms. The van der Waals surface area contributed by atoms with Crippen LogP contribution < -0.4 is 21.7 Å². The number of phenols is 1. The molecule has 0 radical (unpaired) electrons. The average Bonchev–Trinajstić information content (AvgIpc) is 3.60. The highest BCUT2D eigenvalue weighted by atomic mass is 32.2. The van der Waals surface area contributed by atoms with Gasteiger partial charge >= 0.3 is 12.2 Å². The van der Waals surface area contributed by atoms with E-state index in [1.54, 1.807) is 45.9 Å². The molecule has 0 heterocycles. The van der Waals surface area contributed by atoms with E-state index in [1.807, 2.05) is 73.7 Å². The highest BCUT2D eigenvalue weighted by molar-refractivity contribution is 7.87. The molecule has 0 spiro atoms. The van der Waals surface area contributed by atoms with Crippen molar-refractivity contribution in [2.24, 2.45) is 10.2 Å². The lowest BCUT2D eigenvalue weighted by Crippen LogP contribution is -2.44. The van der Waals surface area contributed by atoms with Crippen molar-refractivity contribution in [1.82, 2.24) is 10.6 Å². The number of unbranched alkanes of at least 4 members (excludes halogenated alkanes) is 1. The minimum absolute atomic E-state index is 0.0624. The molecule has 6 aromatic rings. The molecule has 8 N–H and O–H groups in total. The number of alkyl carbamates (subject to hydrolysis) is 2. The number of nitrogens with two attached hydrogens (primary N) is 1. The number of nitrogens with zero attached hydrogens (tertiary/aromatic N) is 2. The third-order valence-corrected chi connectivity index (χ3v) is 13.4. The molecule has 0 aliphatic heterocycles. The summed E-state index contributed by atoms with van der Waals surface area (Å²) in [6.45, 7) is 9.26. The largest absolute Gasteiger partial charge is 0.505 e. The second-order valence-corrected chi connectivity index (χ2v) is 20.5. The quantitative estimate of drug-likeness (QED) is 0.0218. The Morgan fingerprint density at radius 3 is 1.93 bits per heavy atom. The number of rotatable bonds is 15. The first-order valence-electron chi connectivity index (χ1n) is 22.1. The van der Waals surface area contributed by atoms with Gasteiger partial charge in [0.15, 0.2) is 5.75 Å². The van der Waals surface area contributed by atoms with Gasteiger partial charge in [0, 0.05) is 23.5 Å². The van der Waals surface area contributed by atoms with Gasteiger partial charge in [0.05, 0.1) is 16.8 Å². The van der Waals surface area contributed by atoms with Gasteiger partial charge in [-0.25, -0.2) is 9.59 Å². The molecule has 0 bridgehead atoms. The number of hydrogen-bond acceptors (Lipinski definition) is 13. The van der Waals surface area contributed by atoms with Crippen LogP contribution in [0.2, 0.25) is 0 Å². The van der Waals surface area contributed by atoms with Crippen LogP contribution in [0, 0.1) is 13.8 Å². The molecule has 3 amide bonds. The molecule has 366 valence electrons. The van der Waals surface area contributed by atoms with Crippen molar-refractivity contribution in [2.75, 3.05) is 24.2 Å². The second-order valence-electron chi connectivity index (χ2n) is 17.8. The van der Waals surface area contributed by atoms with Crippen molar-refractivity contribution in [3.63, 3.8) is 0 Å². The number of benzene rings is 6. The van der Waals surface area contributed by atoms with Gasteiger partial charge in [-0.05, 0) is 135 Å². The molecule has 1 unspecified atom stereocenters. The number of fused-ring (bicyclic) bond motifs is 4. The Balaban J connectivity index is 1.04. The number of hydrogen-bond donors (Lipinski definition) is 7. The molecule has 18 nitrogen and oxygen atoms in total. The van der Waals surface area contributed by atoms with Gasteiger partial charge in [-0.2, -0.15) is 21.9 Å². The van der Waals surface area contributed by atoms with E-state index < -0.39 is 76.6 Å². The van der Waals surface area contributed by atoms with Crippen LogP contribution in [0.25, 0.3) is 33.0 Å². The van der Waals surface area contributed by atoms with Crippen molar-refractivity contribution in [3.8, 4) is 28.0 Å². The monoisotopic (exact) mass is 992 g/mol. The Morgan fingerprint density at radius 2 is 1.33 bits per heavy atom. The van der Waals surface area contributed by atoms with Crippen LogP contribution in [0.4, 0.5) is 32.3 Å². The summed E-state index contributed by atoms with van der Waals surface area (Å²) in [5.74, 6) is -1.39. The number of nitrogen functional groups attached to an aromatic ring is 1. The summed E-state index contributed by atoms with van der Waals surface area (Å²) >= 11 is 0. The van der Waals surface area contributed by atoms with Crippen molar-refractivity contribution < 1.29 is 54.9 Å². The van der Waals surface area contributed by atoms with E-state index in [0.717, 1.165) is 39.4 Å². The molecular weight excluding hydrogens is 941 g/mol. The van der Waals surface area contributed by atoms with Crippen molar-refractivity contribution in [1.29, 1.82) is 0 Å². The van der Waals surface area contributed by atoms with Crippen LogP contribution in [-0.4, -0.2) is 73.9 Å². The van der Waals surface area contributed by atoms with Crippen molar-refractivity contribution in [3.05, 3.63) is 125 Å². The predicted molar refractivity (Wildman–Crippen MR) is 264 cm³/mol. The summed E-state index contributed by atoms with van der Waals surface area (Å²) in [4.78, 5) is 37.6. The first-order chi connectivity index (χ1) is 33.0. The fourth-order valence-electron chi connectivity index (χ4n) is 8.25. The third-order valence-electron chi connectivity index (χ3n) is 11.6. The van der Waals surface area contributed by atoms with Gasteiger partial charge in [-0.1, -0.05) is 66.7 Å². The summed E-state index contributed by atoms with van der Waals surface area (Å²) < 4.78 is 78.8. The summed E-state index contributed by atoms with van der Waals surface area (Å²) in [7, 11) is -10.1. The third kappa shape index (κ3) is 11.5. The van der Waals surface area contributed by atoms with Crippen LogP contribution >= 0.6 is 0 Å². The Labute approximate surface area is 404 Å². The topological polar surface area (TPSA) is 285 Å². The van der Waals surface area contributed by atoms with Crippen molar-refractivity contribution >= 4 is 71.9 Å². The molecule has 0 fully saturated rings. The molecule has 0 saturated carbocycles. The van der Waals surface area contributed by atoms with Gasteiger partial charge in [-0.3, -0.25) is 13.9 Å². The van der Waals surface area contributed by atoms with E-state index in [0.29, 0.717) is 48.0 Å². The number of anilines is 2. The SMILES string of the molecule is Cc1cc(-c2ccc(NC(=O)C(CCCCNC(=O)OC(C)(C)C)NC(=O)OCC3c4ccccc4-c4ccccc43)c(C)c2)ccc1N=Nc1ccc2c(S(=O)(=O)O)cc(S(=O)(=O)O)c(N)c2c1O. The highest BCUT2D eigenvalue weighted by Gasteiger charge is 2.31. The smallest absolute Gasteiger partial charge is 0.407 e. The molecule has 1 aliphatic carbocycles. The van der Waals surface area contributed by atoms with E-state index in [1.165, 1.54) is 6.07 Å². The lowest BCUT2D eigenvalue weighted by molar-refractivity contribution is -0.118. The Kier molecular flexibility index (Phi) is 14.6. The number of nitrogens with one attached hydrogen (secondary N) is 3. The van der Waals surface area contributed by atoms with Gasteiger partial charge in [0.2, 0.25) is 5.91 Å². The first kappa shape index (κ1) is 50.5. The minimum Gasteiger partial charge on any atom is -0.505 e. The number of azo groups is 1. The number of amides is 3. The predicted octanol–water partition coefficient (Wildman–Crippen LogP) is 9.86.